The van der Waals surface area contributed by atoms with Crippen LogP contribution in [0.1, 0.15) is 59.5 Å². The van der Waals surface area contributed by atoms with Crippen LogP contribution in [0, 0.1) is 22.9 Å². The molecule has 1 aromatic heterocycles. The van der Waals surface area contributed by atoms with E-state index in [4.69, 9.17) is 4.74 Å². The van der Waals surface area contributed by atoms with Gasteiger partial charge in [-0.25, -0.2) is 13.2 Å². The number of aromatic hydroxyl groups is 1. The lowest BCUT2D eigenvalue weighted by molar-refractivity contribution is -0.0190. The molecule has 1 amide bonds. The molecule has 2 N–H and O–H groups in total. The first-order chi connectivity index (χ1) is 15.5. The van der Waals surface area contributed by atoms with E-state index in [1.54, 1.807) is 6.92 Å². The number of aromatic nitrogens is 1. The van der Waals surface area contributed by atoms with Gasteiger partial charge in [-0.3, -0.25) is 14.4 Å². The molecule has 0 fully saturated rings. The van der Waals surface area contributed by atoms with E-state index in [0.717, 1.165) is 19.0 Å². The van der Waals surface area contributed by atoms with Gasteiger partial charge >= 0.3 is 0 Å². The van der Waals surface area contributed by atoms with Crippen LogP contribution in [0.4, 0.5) is 13.2 Å². The van der Waals surface area contributed by atoms with E-state index in [0.29, 0.717) is 18.6 Å². The number of rotatable bonds is 7. The maximum Gasteiger partial charge on any atom is 0.257 e. The summed E-state index contributed by atoms with van der Waals surface area (Å²) >= 11 is 0. The Labute approximate surface area is 188 Å². The molecule has 1 aliphatic heterocycles. The fourth-order valence-electron chi connectivity index (χ4n) is 4.15. The zero-order valence-corrected chi connectivity index (χ0v) is 18.5. The molecule has 33 heavy (non-hydrogen) atoms. The lowest BCUT2D eigenvalue weighted by Gasteiger charge is -2.41. The molecular weight excluding hydrogens is 441 g/mol. The van der Waals surface area contributed by atoms with Gasteiger partial charge in [0.05, 0.1) is 18.1 Å². The summed E-state index contributed by atoms with van der Waals surface area (Å²) in [6.45, 7) is 3.14. The number of pyridine rings is 1. The summed E-state index contributed by atoms with van der Waals surface area (Å²) in [5.41, 5.74) is -3.36. The minimum absolute atomic E-state index is 0.104. The van der Waals surface area contributed by atoms with Crippen LogP contribution in [0.15, 0.2) is 23.1 Å². The molecule has 2 aromatic rings. The van der Waals surface area contributed by atoms with Crippen LogP contribution in [-0.4, -0.2) is 34.6 Å². The van der Waals surface area contributed by atoms with E-state index in [-0.39, 0.29) is 12.2 Å². The average Bonchev–Trinajstić information content (AvgIpc) is 2.76. The van der Waals surface area contributed by atoms with E-state index < -0.39 is 69.5 Å². The van der Waals surface area contributed by atoms with Crippen molar-refractivity contribution in [2.45, 2.75) is 52.3 Å². The number of Topliss-reactive ketones (excluding diaryl/α,β-unsaturated/α-hetero) is 1. The lowest BCUT2D eigenvalue weighted by Crippen LogP contribution is -2.49. The predicted octanol–water partition coefficient (Wildman–Crippen LogP) is 3.31. The molecule has 1 aliphatic rings. The standard InChI is InChI=1S/C23H25F3N2O5/c1-4-5-6-23(2)17(33-3)11-28-10-14(19(29)20(30)18(28)21(23)31)22(32)27-9-13-15(25)7-12(24)8-16(13)26/h7-8,10,17,30H,4-6,9,11H2,1-3H3,(H,27,32)/t17-,23-/m0/s1. The molecule has 178 valence electrons. The van der Waals surface area contributed by atoms with Crippen molar-refractivity contribution in [2.24, 2.45) is 5.41 Å². The number of ketones is 1. The Balaban J connectivity index is 1.95. The summed E-state index contributed by atoms with van der Waals surface area (Å²) < 4.78 is 47.5. The largest absolute Gasteiger partial charge is 0.503 e. The van der Waals surface area contributed by atoms with Crippen LogP contribution < -0.4 is 10.7 Å². The molecule has 0 aliphatic carbocycles. The number of methoxy groups -OCH3 is 1. The summed E-state index contributed by atoms with van der Waals surface area (Å²) in [6.07, 6.45) is 2.62. The number of ether oxygens (including phenoxy) is 1. The quantitative estimate of drug-likeness (QED) is 0.653. The Kier molecular flexibility index (Phi) is 6.97. The number of hydrogen-bond donors (Lipinski definition) is 2. The van der Waals surface area contributed by atoms with E-state index in [1.165, 1.54) is 11.7 Å². The predicted molar refractivity (Wildman–Crippen MR) is 113 cm³/mol. The zero-order valence-electron chi connectivity index (χ0n) is 18.5. The smallest absolute Gasteiger partial charge is 0.257 e. The Morgan fingerprint density at radius 3 is 2.48 bits per heavy atom. The monoisotopic (exact) mass is 466 g/mol. The van der Waals surface area contributed by atoms with Gasteiger partial charge in [0.1, 0.15) is 28.7 Å². The number of fused-ring (bicyclic) bond motifs is 1. The highest BCUT2D eigenvalue weighted by atomic mass is 19.1. The van der Waals surface area contributed by atoms with Gasteiger partial charge in [-0.2, -0.15) is 0 Å². The van der Waals surface area contributed by atoms with Crippen molar-refractivity contribution in [3.63, 3.8) is 0 Å². The average molecular weight is 466 g/mol. The molecule has 2 atom stereocenters. The highest BCUT2D eigenvalue weighted by Crippen LogP contribution is 2.40. The van der Waals surface area contributed by atoms with E-state index in [2.05, 4.69) is 5.32 Å². The molecule has 0 radical (unpaired) electrons. The SMILES string of the molecule is CCCC[C@]1(C)C(=O)c2c(O)c(=O)c(C(=O)NCc3c(F)cc(F)cc3F)cn2C[C@@H]1OC. The molecule has 2 heterocycles. The lowest BCUT2D eigenvalue weighted by atomic mass is 9.72. The van der Waals surface area contributed by atoms with Crippen molar-refractivity contribution in [1.29, 1.82) is 0 Å². The molecule has 0 bridgehead atoms. The van der Waals surface area contributed by atoms with Crippen molar-refractivity contribution < 1.29 is 32.6 Å². The third-order valence-electron chi connectivity index (χ3n) is 6.17. The number of hydrogen-bond acceptors (Lipinski definition) is 5. The topological polar surface area (TPSA) is 97.6 Å². The van der Waals surface area contributed by atoms with Crippen LogP contribution in [0.25, 0.3) is 0 Å². The number of unbranched alkanes of at least 4 members (excludes halogenated alkanes) is 1. The maximum atomic E-state index is 13.8. The number of carbonyl (C=O) groups excluding carboxylic acids is 2. The van der Waals surface area contributed by atoms with Gasteiger partial charge in [-0.05, 0) is 13.3 Å². The van der Waals surface area contributed by atoms with Crippen molar-refractivity contribution >= 4 is 11.7 Å². The Morgan fingerprint density at radius 2 is 1.91 bits per heavy atom. The minimum Gasteiger partial charge on any atom is -0.503 e. The van der Waals surface area contributed by atoms with E-state index in [1.807, 2.05) is 6.92 Å². The van der Waals surface area contributed by atoms with Crippen molar-refractivity contribution in [3.8, 4) is 5.75 Å². The summed E-state index contributed by atoms with van der Waals surface area (Å²) in [6, 6.07) is 0.937. The van der Waals surface area contributed by atoms with Crippen LogP contribution >= 0.6 is 0 Å². The molecule has 0 saturated carbocycles. The van der Waals surface area contributed by atoms with Gasteiger partial charge < -0.3 is 19.7 Å². The number of halogens is 3. The van der Waals surface area contributed by atoms with Crippen molar-refractivity contribution in [3.05, 3.63) is 62.8 Å². The van der Waals surface area contributed by atoms with Gasteiger partial charge in [0, 0.05) is 37.5 Å². The summed E-state index contributed by atoms with van der Waals surface area (Å²) in [5, 5.41) is 12.7. The molecule has 0 spiro atoms. The summed E-state index contributed by atoms with van der Waals surface area (Å²) in [5.74, 6) is -5.86. The van der Waals surface area contributed by atoms with Crippen LogP contribution in [-0.2, 0) is 17.8 Å². The van der Waals surface area contributed by atoms with E-state index in [9.17, 15) is 32.7 Å². The number of carbonyl (C=O) groups is 2. The van der Waals surface area contributed by atoms with Crippen molar-refractivity contribution in [2.75, 3.05) is 7.11 Å². The highest BCUT2D eigenvalue weighted by molar-refractivity contribution is 6.03. The molecule has 0 unspecified atom stereocenters. The van der Waals surface area contributed by atoms with E-state index >= 15 is 0 Å². The Morgan fingerprint density at radius 1 is 1.27 bits per heavy atom. The normalized spacial score (nSPS) is 19.9. The first-order valence-electron chi connectivity index (χ1n) is 10.5. The first-order valence-corrected chi connectivity index (χ1v) is 10.5. The van der Waals surface area contributed by atoms with Gasteiger partial charge in [-0.1, -0.05) is 19.8 Å². The van der Waals surface area contributed by atoms with Crippen LogP contribution in [0.2, 0.25) is 0 Å². The molecule has 3 rings (SSSR count). The summed E-state index contributed by atoms with van der Waals surface area (Å²) in [4.78, 5) is 38.6. The second-order valence-electron chi connectivity index (χ2n) is 8.33. The van der Waals surface area contributed by atoms with Gasteiger partial charge in [-0.15, -0.1) is 0 Å². The minimum atomic E-state index is -1.20. The molecule has 10 heteroatoms. The fraction of sp³-hybridized carbons (Fsp3) is 0.435. The molecule has 1 aromatic carbocycles. The summed E-state index contributed by atoms with van der Waals surface area (Å²) in [7, 11) is 1.45. The molecule has 0 saturated heterocycles. The first kappa shape index (κ1) is 24.5. The number of nitrogens with zero attached hydrogens (tertiary/aromatic N) is 1. The fourth-order valence-corrected chi connectivity index (χ4v) is 4.15. The van der Waals surface area contributed by atoms with Gasteiger partial charge in [0.15, 0.2) is 11.5 Å². The third kappa shape index (κ3) is 4.39. The number of benzene rings is 1. The second kappa shape index (κ2) is 9.38. The van der Waals surface area contributed by atoms with Gasteiger partial charge in [0.2, 0.25) is 5.43 Å². The molecule has 7 nitrogen and oxygen atoms in total. The zero-order chi connectivity index (χ0) is 24.5. The van der Waals surface area contributed by atoms with Gasteiger partial charge in [0.25, 0.3) is 5.91 Å². The van der Waals surface area contributed by atoms with Crippen molar-refractivity contribution in [1.82, 2.24) is 9.88 Å². The Hall–Kier alpha value is -3.14. The van der Waals surface area contributed by atoms with Crippen LogP contribution in [0.3, 0.4) is 0 Å². The third-order valence-corrected chi connectivity index (χ3v) is 6.17. The van der Waals surface area contributed by atoms with Crippen LogP contribution in [0.5, 0.6) is 5.75 Å². The number of amides is 1. The maximum absolute atomic E-state index is 13.8. The number of nitrogens with one attached hydrogen (secondary N) is 1. The molecular formula is C23H25F3N2O5. The highest BCUT2D eigenvalue weighted by Gasteiger charge is 2.47. The second-order valence-corrected chi connectivity index (χ2v) is 8.33. The Bertz CT molecular complexity index is 1140.